The second kappa shape index (κ2) is 8.81. The van der Waals surface area contributed by atoms with Crippen molar-refractivity contribution in [3.05, 3.63) is 52.6 Å². The van der Waals surface area contributed by atoms with Crippen molar-refractivity contribution in [2.45, 2.75) is 17.7 Å². The predicted octanol–water partition coefficient (Wildman–Crippen LogP) is 3.25. The van der Waals surface area contributed by atoms with Gasteiger partial charge in [0.1, 0.15) is 5.75 Å². The highest BCUT2D eigenvalue weighted by molar-refractivity contribution is 7.89. The summed E-state index contributed by atoms with van der Waals surface area (Å²) in [6.45, 7) is 0.469. The van der Waals surface area contributed by atoms with E-state index in [1.54, 1.807) is 18.2 Å². The van der Waals surface area contributed by atoms with E-state index in [2.05, 4.69) is 10.3 Å². The molecule has 0 radical (unpaired) electrons. The van der Waals surface area contributed by atoms with Crippen LogP contribution in [0, 0.1) is 16.0 Å². The zero-order chi connectivity index (χ0) is 22.9. The Morgan fingerprint density at radius 2 is 1.91 bits per heavy atom. The molecule has 2 heterocycles. The number of ether oxygens (including phenoxy) is 1. The molecular weight excluding hydrogens is 456 g/mol. The molecule has 2 aromatic carbocycles. The molecule has 1 fully saturated rings. The smallest absolute Gasteiger partial charge is 0.271 e. The van der Waals surface area contributed by atoms with Crippen LogP contribution in [-0.2, 0) is 14.8 Å². The minimum Gasteiger partial charge on any atom is -0.497 e. The Bertz CT molecular complexity index is 1260. The summed E-state index contributed by atoms with van der Waals surface area (Å²) in [5, 5.41) is 14.0. The molecule has 1 aromatic heterocycles. The number of carbonyl (C=O) groups excluding carboxylic acids is 1. The van der Waals surface area contributed by atoms with Crippen LogP contribution in [0.5, 0.6) is 5.75 Å². The van der Waals surface area contributed by atoms with Gasteiger partial charge in [-0.15, -0.1) is 0 Å². The fraction of sp³-hybridized carbons (Fsp3) is 0.300. The lowest BCUT2D eigenvalue weighted by molar-refractivity contribution is -0.384. The largest absolute Gasteiger partial charge is 0.497 e. The van der Waals surface area contributed by atoms with Gasteiger partial charge in [-0.05, 0) is 43.2 Å². The number of rotatable bonds is 6. The molecule has 1 amide bonds. The summed E-state index contributed by atoms with van der Waals surface area (Å²) in [6.07, 6.45) is 0.773. The topological polar surface area (TPSA) is 132 Å². The lowest BCUT2D eigenvalue weighted by atomic mass is 9.97. The van der Waals surface area contributed by atoms with Crippen LogP contribution in [0.3, 0.4) is 0 Å². The molecule has 1 saturated heterocycles. The van der Waals surface area contributed by atoms with E-state index in [0.717, 1.165) is 4.70 Å². The number of nitrogens with zero attached hydrogens (tertiary/aromatic N) is 3. The number of sulfonamides is 1. The molecule has 10 nitrogen and oxygen atoms in total. The van der Waals surface area contributed by atoms with Crippen LogP contribution in [-0.4, -0.2) is 48.7 Å². The molecule has 0 spiro atoms. The second-order valence-electron chi connectivity index (χ2n) is 7.27. The summed E-state index contributed by atoms with van der Waals surface area (Å²) in [4.78, 5) is 27.5. The van der Waals surface area contributed by atoms with E-state index in [1.165, 1.54) is 47.0 Å². The zero-order valence-electron chi connectivity index (χ0n) is 17.1. The van der Waals surface area contributed by atoms with Crippen molar-refractivity contribution in [1.82, 2.24) is 9.29 Å². The van der Waals surface area contributed by atoms with Gasteiger partial charge < -0.3 is 10.1 Å². The number of fused-ring (bicyclic) bond motifs is 1. The maximum Gasteiger partial charge on any atom is 0.271 e. The first kappa shape index (κ1) is 22.1. The van der Waals surface area contributed by atoms with Gasteiger partial charge in [0, 0.05) is 31.1 Å². The third kappa shape index (κ3) is 4.42. The Morgan fingerprint density at radius 1 is 1.22 bits per heavy atom. The quantitative estimate of drug-likeness (QED) is 0.427. The molecule has 1 aliphatic heterocycles. The van der Waals surface area contributed by atoms with Gasteiger partial charge in [-0.2, -0.15) is 4.31 Å². The molecule has 0 bridgehead atoms. The third-order valence-corrected chi connectivity index (χ3v) is 8.20. The highest BCUT2D eigenvalue weighted by atomic mass is 32.2. The number of amides is 1. The number of hydrogen-bond donors (Lipinski definition) is 1. The van der Waals surface area contributed by atoms with Gasteiger partial charge in [0.2, 0.25) is 15.9 Å². The molecule has 0 aliphatic carbocycles. The van der Waals surface area contributed by atoms with Crippen LogP contribution in [0.25, 0.3) is 10.2 Å². The van der Waals surface area contributed by atoms with Crippen LogP contribution in [0.2, 0.25) is 0 Å². The number of nitro benzene ring substituents is 1. The van der Waals surface area contributed by atoms with E-state index in [0.29, 0.717) is 29.2 Å². The van der Waals surface area contributed by atoms with Crippen LogP contribution in [0.1, 0.15) is 12.8 Å². The number of benzene rings is 2. The molecule has 168 valence electrons. The van der Waals surface area contributed by atoms with Crippen molar-refractivity contribution in [2.75, 3.05) is 25.5 Å². The van der Waals surface area contributed by atoms with Crippen LogP contribution in [0.15, 0.2) is 47.4 Å². The number of nitro groups is 1. The first-order valence-corrected chi connectivity index (χ1v) is 12.0. The molecule has 4 rings (SSSR count). The molecule has 12 heteroatoms. The summed E-state index contributed by atoms with van der Waals surface area (Å²) in [6, 6.07) is 10.6. The van der Waals surface area contributed by atoms with E-state index in [1.807, 2.05) is 0 Å². The lowest BCUT2D eigenvalue weighted by Crippen LogP contribution is -2.41. The van der Waals surface area contributed by atoms with Gasteiger partial charge in [0.05, 0.1) is 27.1 Å². The molecule has 1 aliphatic rings. The van der Waals surface area contributed by atoms with Crippen molar-refractivity contribution in [3.63, 3.8) is 0 Å². The minimum atomic E-state index is -3.64. The standard InChI is InChI=1S/C20H20N4O6S2/c1-30-15-3-5-16(6-4-15)32(28,29)23-10-8-13(9-11-23)19(25)22-20-21-17-12-14(24(26)27)2-7-18(17)31-20/h2-7,12-13H,8-11H2,1H3,(H,21,22,25). The minimum absolute atomic E-state index is 0.0638. The highest BCUT2D eigenvalue weighted by Gasteiger charge is 2.32. The first-order valence-electron chi connectivity index (χ1n) is 9.78. The fourth-order valence-corrected chi connectivity index (χ4v) is 5.86. The van der Waals surface area contributed by atoms with Gasteiger partial charge in [0.25, 0.3) is 5.69 Å². The Hall–Kier alpha value is -3.09. The fourth-order valence-electron chi connectivity index (χ4n) is 3.55. The number of methoxy groups -OCH3 is 1. The molecule has 0 unspecified atom stereocenters. The van der Waals surface area contributed by atoms with Crippen LogP contribution >= 0.6 is 11.3 Å². The summed E-state index contributed by atoms with van der Waals surface area (Å²) < 4.78 is 32.9. The summed E-state index contributed by atoms with van der Waals surface area (Å²) >= 11 is 1.23. The Kier molecular flexibility index (Phi) is 6.09. The number of nitrogens with one attached hydrogen (secondary N) is 1. The number of carbonyl (C=O) groups is 1. The normalized spacial score (nSPS) is 15.5. The Balaban J connectivity index is 1.39. The molecule has 1 N–H and O–H groups in total. The molecule has 0 saturated carbocycles. The zero-order valence-corrected chi connectivity index (χ0v) is 18.7. The molecule has 32 heavy (non-hydrogen) atoms. The van der Waals surface area contributed by atoms with E-state index in [4.69, 9.17) is 4.74 Å². The average molecular weight is 477 g/mol. The van der Waals surface area contributed by atoms with Crippen molar-refractivity contribution in [1.29, 1.82) is 0 Å². The van der Waals surface area contributed by atoms with Gasteiger partial charge in [0.15, 0.2) is 5.13 Å². The maximum absolute atomic E-state index is 12.9. The van der Waals surface area contributed by atoms with E-state index in [9.17, 15) is 23.3 Å². The molecule has 0 atom stereocenters. The van der Waals surface area contributed by atoms with Crippen molar-refractivity contribution in [3.8, 4) is 5.75 Å². The van der Waals surface area contributed by atoms with E-state index in [-0.39, 0.29) is 35.5 Å². The number of anilines is 1. The predicted molar refractivity (Wildman–Crippen MR) is 119 cm³/mol. The number of aromatic nitrogens is 1. The highest BCUT2D eigenvalue weighted by Crippen LogP contribution is 2.30. The second-order valence-corrected chi connectivity index (χ2v) is 10.2. The van der Waals surface area contributed by atoms with Crippen molar-refractivity contribution in [2.24, 2.45) is 5.92 Å². The summed E-state index contributed by atoms with van der Waals surface area (Å²) in [7, 11) is -2.13. The van der Waals surface area contributed by atoms with Gasteiger partial charge in [-0.1, -0.05) is 11.3 Å². The number of hydrogen-bond acceptors (Lipinski definition) is 8. The Morgan fingerprint density at radius 3 is 2.53 bits per heavy atom. The van der Waals surface area contributed by atoms with Crippen molar-refractivity contribution >= 4 is 48.3 Å². The molecule has 3 aromatic rings. The van der Waals surface area contributed by atoms with Crippen molar-refractivity contribution < 1.29 is 22.9 Å². The van der Waals surface area contributed by atoms with Crippen LogP contribution in [0.4, 0.5) is 10.8 Å². The number of non-ortho nitro benzene ring substituents is 1. The van der Waals surface area contributed by atoms with E-state index < -0.39 is 14.9 Å². The number of thiazole rings is 1. The maximum atomic E-state index is 12.9. The monoisotopic (exact) mass is 476 g/mol. The first-order chi connectivity index (χ1) is 15.3. The lowest BCUT2D eigenvalue weighted by Gasteiger charge is -2.30. The Labute approximate surface area is 188 Å². The SMILES string of the molecule is COc1ccc(S(=O)(=O)N2CCC(C(=O)Nc3nc4cc([N+](=O)[O-])ccc4s3)CC2)cc1. The van der Waals surface area contributed by atoms with Gasteiger partial charge >= 0.3 is 0 Å². The van der Waals surface area contributed by atoms with Gasteiger partial charge in [-0.3, -0.25) is 14.9 Å². The number of piperidine rings is 1. The van der Waals surface area contributed by atoms with E-state index >= 15 is 0 Å². The summed E-state index contributed by atoms with van der Waals surface area (Å²) in [5.74, 6) is -0.0116. The van der Waals surface area contributed by atoms with Crippen LogP contribution < -0.4 is 10.1 Å². The summed E-state index contributed by atoms with van der Waals surface area (Å²) in [5.41, 5.74) is 0.381. The average Bonchev–Trinajstić information content (AvgIpc) is 3.20. The third-order valence-electron chi connectivity index (χ3n) is 5.33. The van der Waals surface area contributed by atoms with Gasteiger partial charge in [-0.25, -0.2) is 13.4 Å². The molecular formula is C20H20N4O6S2.